The molecule has 0 fully saturated rings. The molecular weight excluding hydrogens is 661 g/mol. The van der Waals surface area contributed by atoms with Crippen molar-refractivity contribution in [3.05, 3.63) is 194 Å². The van der Waals surface area contributed by atoms with Crippen LogP contribution in [-0.4, -0.2) is 18.8 Å². The molecule has 0 amide bonds. The van der Waals surface area contributed by atoms with Gasteiger partial charge in [0.05, 0.1) is 30.9 Å². The third-order valence-corrected chi connectivity index (χ3v) is 10.2. The molecule has 0 atom stereocenters. The van der Waals surface area contributed by atoms with Crippen LogP contribution in [0.1, 0.15) is 0 Å². The average Bonchev–Trinajstić information content (AvgIpc) is 3.60. The highest BCUT2D eigenvalue weighted by Crippen LogP contribution is 2.47. The Morgan fingerprint density at radius 1 is 0.426 bits per heavy atom. The van der Waals surface area contributed by atoms with Gasteiger partial charge in [-0.2, -0.15) is 0 Å². The second-order valence-corrected chi connectivity index (χ2v) is 13.3. The van der Waals surface area contributed by atoms with Gasteiger partial charge < -0.3 is 18.9 Å². The fourth-order valence-corrected chi connectivity index (χ4v) is 7.57. The molecule has 9 rings (SSSR count). The number of hydrogen-bond acceptors (Lipinski definition) is 3. The van der Waals surface area contributed by atoms with Gasteiger partial charge in [-0.05, 0) is 88.0 Å². The fraction of sp³-hybridized carbons (Fsp3) is 0.0400. The maximum absolute atomic E-state index is 6.12. The van der Waals surface area contributed by atoms with Gasteiger partial charge in [0.2, 0.25) is 0 Å². The lowest BCUT2D eigenvalue weighted by molar-refractivity contribution is 0.397. The zero-order valence-electron chi connectivity index (χ0n) is 30.2. The van der Waals surface area contributed by atoms with Crippen LogP contribution < -0.4 is 14.4 Å². The first-order valence-corrected chi connectivity index (χ1v) is 18.2. The van der Waals surface area contributed by atoms with Gasteiger partial charge >= 0.3 is 0 Å². The van der Waals surface area contributed by atoms with Gasteiger partial charge in [-0.15, -0.1) is 0 Å². The molecule has 0 aliphatic rings. The first kappa shape index (κ1) is 32.8. The lowest BCUT2D eigenvalue weighted by Gasteiger charge is -2.27. The lowest BCUT2D eigenvalue weighted by Crippen LogP contribution is -2.10. The van der Waals surface area contributed by atoms with Crippen molar-refractivity contribution in [2.75, 3.05) is 19.1 Å². The molecule has 0 spiro atoms. The second kappa shape index (κ2) is 14.2. The summed E-state index contributed by atoms with van der Waals surface area (Å²) in [5.41, 5.74) is 13.3. The van der Waals surface area contributed by atoms with E-state index in [1.54, 1.807) is 14.2 Å². The molecule has 0 saturated carbocycles. The predicted octanol–water partition coefficient (Wildman–Crippen LogP) is 13.3. The van der Waals surface area contributed by atoms with Crippen LogP contribution in [0.3, 0.4) is 0 Å². The number of benzene rings is 8. The minimum absolute atomic E-state index is 0.735. The summed E-state index contributed by atoms with van der Waals surface area (Å²) in [6.07, 6.45) is 0. The average molecular weight is 699 g/mol. The fourth-order valence-electron chi connectivity index (χ4n) is 7.57. The molecule has 0 aliphatic heterocycles. The summed E-state index contributed by atoms with van der Waals surface area (Å²) >= 11 is 0. The van der Waals surface area contributed by atoms with E-state index >= 15 is 0 Å². The van der Waals surface area contributed by atoms with Crippen molar-refractivity contribution >= 4 is 38.9 Å². The Morgan fingerprint density at radius 3 is 1.35 bits per heavy atom. The van der Waals surface area contributed by atoms with Crippen LogP contribution in [0.4, 0.5) is 17.1 Å². The number of ether oxygens (including phenoxy) is 2. The van der Waals surface area contributed by atoms with Crippen molar-refractivity contribution in [1.29, 1.82) is 0 Å². The highest BCUT2D eigenvalue weighted by molar-refractivity contribution is 6.18. The van der Waals surface area contributed by atoms with Crippen molar-refractivity contribution in [3.63, 3.8) is 0 Å². The largest absolute Gasteiger partial charge is 0.497 e. The standard InChI is InChI=1S/C50H38N2O2/c1-53-44-33-45-49-46(19-12-20-47(49)52(50(45)48(34-44)54-2)43-31-25-40(26-32-43)37-17-10-5-11-18-37)51(41-27-21-38(22-28-41)35-13-6-3-7-14-35)42-29-23-39(24-30-42)36-15-8-4-9-16-36/h3-34H,1-2H3. The third kappa shape index (κ3) is 5.94. The topological polar surface area (TPSA) is 26.6 Å². The van der Waals surface area contributed by atoms with Gasteiger partial charge in [0.15, 0.2) is 0 Å². The first-order chi connectivity index (χ1) is 26.7. The summed E-state index contributed by atoms with van der Waals surface area (Å²) in [5.74, 6) is 1.48. The van der Waals surface area contributed by atoms with Crippen LogP contribution in [0.15, 0.2) is 194 Å². The molecule has 4 heteroatoms. The number of fused-ring (bicyclic) bond motifs is 3. The molecule has 54 heavy (non-hydrogen) atoms. The first-order valence-electron chi connectivity index (χ1n) is 18.2. The molecule has 0 saturated heterocycles. The molecule has 0 N–H and O–H groups in total. The van der Waals surface area contributed by atoms with Crippen LogP contribution in [-0.2, 0) is 0 Å². The molecule has 0 aliphatic carbocycles. The van der Waals surface area contributed by atoms with E-state index in [4.69, 9.17) is 9.47 Å². The van der Waals surface area contributed by atoms with E-state index in [9.17, 15) is 0 Å². The van der Waals surface area contributed by atoms with Gasteiger partial charge in [0.25, 0.3) is 0 Å². The van der Waals surface area contributed by atoms with E-state index in [0.717, 1.165) is 56.1 Å². The van der Waals surface area contributed by atoms with E-state index in [0.29, 0.717) is 0 Å². The SMILES string of the molecule is COc1cc(OC)c2c(c1)c1c(N(c3ccc(-c4ccccc4)cc3)c3ccc(-c4ccccc4)cc3)cccc1n2-c1ccc(-c2ccccc2)cc1. The molecule has 0 bridgehead atoms. The molecule has 260 valence electrons. The Labute approximate surface area is 315 Å². The number of hydrogen-bond donors (Lipinski definition) is 0. The number of rotatable bonds is 9. The molecule has 0 radical (unpaired) electrons. The third-order valence-electron chi connectivity index (χ3n) is 10.2. The van der Waals surface area contributed by atoms with Crippen LogP contribution in [0.2, 0.25) is 0 Å². The van der Waals surface area contributed by atoms with Crippen LogP contribution >= 0.6 is 0 Å². The smallest absolute Gasteiger partial charge is 0.147 e. The molecule has 9 aromatic rings. The van der Waals surface area contributed by atoms with Crippen LogP contribution in [0, 0.1) is 0 Å². The van der Waals surface area contributed by atoms with Gasteiger partial charge in [-0.3, -0.25) is 0 Å². The van der Waals surface area contributed by atoms with Crippen molar-refractivity contribution in [2.24, 2.45) is 0 Å². The summed E-state index contributed by atoms with van der Waals surface area (Å²) < 4.78 is 14.3. The number of methoxy groups -OCH3 is 2. The lowest BCUT2D eigenvalue weighted by atomic mass is 10.0. The highest BCUT2D eigenvalue weighted by Gasteiger charge is 2.24. The van der Waals surface area contributed by atoms with Crippen LogP contribution in [0.5, 0.6) is 11.5 Å². The summed E-state index contributed by atoms with van der Waals surface area (Å²) in [6.45, 7) is 0. The Balaban J connectivity index is 1.28. The molecular formula is C50H38N2O2. The predicted molar refractivity (Wildman–Crippen MR) is 225 cm³/mol. The van der Waals surface area contributed by atoms with Crippen molar-refractivity contribution in [1.82, 2.24) is 4.57 Å². The van der Waals surface area contributed by atoms with Gasteiger partial charge in [0, 0.05) is 33.9 Å². The molecule has 0 unspecified atom stereocenters. The van der Waals surface area contributed by atoms with E-state index in [1.165, 1.54) is 33.4 Å². The molecule has 8 aromatic carbocycles. The Kier molecular flexibility index (Phi) is 8.62. The number of aromatic nitrogens is 1. The minimum atomic E-state index is 0.735. The summed E-state index contributed by atoms with van der Waals surface area (Å²) in [6, 6.07) is 68.7. The quantitative estimate of drug-likeness (QED) is 0.150. The monoisotopic (exact) mass is 698 g/mol. The number of nitrogens with zero attached hydrogens (tertiary/aromatic N) is 2. The molecule has 1 aromatic heterocycles. The van der Waals surface area contributed by atoms with Gasteiger partial charge in [-0.1, -0.05) is 133 Å². The molecule has 4 nitrogen and oxygen atoms in total. The second-order valence-electron chi connectivity index (χ2n) is 13.3. The Bertz CT molecular complexity index is 2600. The highest BCUT2D eigenvalue weighted by atomic mass is 16.5. The number of anilines is 3. The van der Waals surface area contributed by atoms with E-state index in [1.807, 2.05) is 12.1 Å². The zero-order valence-corrected chi connectivity index (χ0v) is 30.2. The molecule has 1 heterocycles. The minimum Gasteiger partial charge on any atom is -0.497 e. The van der Waals surface area contributed by atoms with Crippen LogP contribution in [0.25, 0.3) is 60.9 Å². The Morgan fingerprint density at radius 2 is 0.889 bits per heavy atom. The van der Waals surface area contributed by atoms with Crippen molar-refractivity contribution in [2.45, 2.75) is 0 Å². The normalized spacial score (nSPS) is 11.1. The van der Waals surface area contributed by atoms with E-state index in [2.05, 4.69) is 191 Å². The zero-order chi connectivity index (χ0) is 36.4. The maximum atomic E-state index is 6.12. The van der Waals surface area contributed by atoms with E-state index in [-0.39, 0.29) is 0 Å². The maximum Gasteiger partial charge on any atom is 0.147 e. The van der Waals surface area contributed by atoms with Crippen molar-refractivity contribution < 1.29 is 9.47 Å². The van der Waals surface area contributed by atoms with E-state index < -0.39 is 0 Å². The van der Waals surface area contributed by atoms with Gasteiger partial charge in [0.1, 0.15) is 11.5 Å². The Hall–Kier alpha value is -7.04. The summed E-state index contributed by atoms with van der Waals surface area (Å²) in [7, 11) is 3.43. The van der Waals surface area contributed by atoms with Crippen molar-refractivity contribution in [3.8, 4) is 50.6 Å². The van der Waals surface area contributed by atoms with Gasteiger partial charge in [-0.25, -0.2) is 0 Å². The summed E-state index contributed by atoms with van der Waals surface area (Å²) in [4.78, 5) is 2.36. The summed E-state index contributed by atoms with van der Waals surface area (Å²) in [5, 5.41) is 2.13.